The summed E-state index contributed by atoms with van der Waals surface area (Å²) >= 11 is 4.87. The van der Waals surface area contributed by atoms with Crippen molar-refractivity contribution in [2.75, 3.05) is 19.6 Å². The Labute approximate surface area is 108 Å². The molecule has 1 aromatic rings. The van der Waals surface area contributed by atoms with Crippen LogP contribution in [0.4, 0.5) is 0 Å². The Kier molecular flexibility index (Phi) is 4.00. The highest BCUT2D eigenvalue weighted by Gasteiger charge is 2.23. The second-order valence-electron chi connectivity index (χ2n) is 4.08. The van der Waals surface area contributed by atoms with Gasteiger partial charge in [0, 0.05) is 13.1 Å². The van der Waals surface area contributed by atoms with Gasteiger partial charge in [0.2, 0.25) is 0 Å². The van der Waals surface area contributed by atoms with Crippen LogP contribution in [0, 0.1) is 5.92 Å². The second kappa shape index (κ2) is 5.29. The lowest BCUT2D eigenvalue weighted by Gasteiger charge is -2.31. The van der Waals surface area contributed by atoms with Gasteiger partial charge in [0.25, 0.3) is 5.91 Å². The maximum Gasteiger partial charge on any atom is 0.263 e. The lowest BCUT2D eigenvalue weighted by atomic mass is 9.97. The molecule has 1 fully saturated rings. The van der Waals surface area contributed by atoms with E-state index in [4.69, 9.17) is 5.73 Å². The molecule has 88 valence electrons. The molecule has 0 atom stereocenters. The van der Waals surface area contributed by atoms with Crippen molar-refractivity contribution in [2.45, 2.75) is 12.8 Å². The number of nitrogens with zero attached hydrogens (tertiary/aromatic N) is 1. The van der Waals surface area contributed by atoms with Crippen LogP contribution in [-0.4, -0.2) is 30.4 Å². The fraction of sp³-hybridized carbons (Fsp3) is 0.545. The van der Waals surface area contributed by atoms with Crippen molar-refractivity contribution in [2.24, 2.45) is 11.7 Å². The first kappa shape index (κ1) is 12.1. The van der Waals surface area contributed by atoms with Crippen molar-refractivity contribution in [3.8, 4) is 0 Å². The smallest absolute Gasteiger partial charge is 0.263 e. The molecule has 0 bridgehead atoms. The van der Waals surface area contributed by atoms with Gasteiger partial charge in [-0.05, 0) is 53.4 Å². The highest BCUT2D eigenvalue weighted by Crippen LogP contribution is 2.25. The quantitative estimate of drug-likeness (QED) is 0.911. The van der Waals surface area contributed by atoms with Gasteiger partial charge < -0.3 is 10.6 Å². The van der Waals surface area contributed by atoms with E-state index >= 15 is 0 Å². The number of thiophene rings is 1. The molecule has 0 saturated carbocycles. The summed E-state index contributed by atoms with van der Waals surface area (Å²) in [5, 5.41) is 0. The van der Waals surface area contributed by atoms with Crippen LogP contribution in [0.15, 0.2) is 15.9 Å². The Morgan fingerprint density at radius 3 is 2.69 bits per heavy atom. The van der Waals surface area contributed by atoms with Gasteiger partial charge in [-0.3, -0.25) is 4.79 Å². The summed E-state index contributed by atoms with van der Waals surface area (Å²) in [5.74, 6) is 0.755. The summed E-state index contributed by atoms with van der Waals surface area (Å²) < 4.78 is 1.01. The number of hydrogen-bond donors (Lipinski definition) is 1. The Hall–Kier alpha value is -0.390. The van der Waals surface area contributed by atoms with E-state index in [1.807, 2.05) is 17.0 Å². The number of carbonyl (C=O) groups excluding carboxylic acids is 1. The molecule has 1 aliphatic heterocycles. The number of likely N-dealkylation sites (tertiary alicyclic amines) is 1. The Morgan fingerprint density at radius 2 is 2.19 bits per heavy atom. The fourth-order valence-electron chi connectivity index (χ4n) is 1.96. The number of carbonyl (C=O) groups is 1. The van der Waals surface area contributed by atoms with Crippen molar-refractivity contribution in [1.82, 2.24) is 4.90 Å². The maximum absolute atomic E-state index is 12.1. The van der Waals surface area contributed by atoms with Crippen LogP contribution in [0.3, 0.4) is 0 Å². The number of piperidine rings is 1. The first-order valence-corrected chi connectivity index (χ1v) is 7.06. The first-order valence-electron chi connectivity index (χ1n) is 5.45. The van der Waals surface area contributed by atoms with Gasteiger partial charge in [0.05, 0.1) is 8.66 Å². The fourth-order valence-corrected chi connectivity index (χ4v) is 3.31. The van der Waals surface area contributed by atoms with E-state index in [2.05, 4.69) is 15.9 Å². The Balaban J connectivity index is 1.96. The molecule has 0 aromatic carbocycles. The van der Waals surface area contributed by atoms with Crippen LogP contribution < -0.4 is 5.73 Å². The van der Waals surface area contributed by atoms with E-state index in [0.29, 0.717) is 5.92 Å². The van der Waals surface area contributed by atoms with Gasteiger partial charge in [0.1, 0.15) is 0 Å². The zero-order valence-electron chi connectivity index (χ0n) is 8.99. The SMILES string of the molecule is NCC1CCN(C(=O)c2ccc(Br)s2)CC1. The van der Waals surface area contributed by atoms with Crippen molar-refractivity contribution in [1.29, 1.82) is 0 Å². The molecular formula is C11H15BrN2OS. The summed E-state index contributed by atoms with van der Waals surface area (Å²) in [7, 11) is 0. The molecule has 3 nitrogen and oxygen atoms in total. The summed E-state index contributed by atoms with van der Waals surface area (Å²) in [4.78, 5) is 14.8. The van der Waals surface area contributed by atoms with Crippen molar-refractivity contribution in [3.63, 3.8) is 0 Å². The molecule has 0 aliphatic carbocycles. The van der Waals surface area contributed by atoms with Gasteiger partial charge >= 0.3 is 0 Å². The molecule has 0 unspecified atom stereocenters. The molecule has 2 N–H and O–H groups in total. The third kappa shape index (κ3) is 2.64. The van der Waals surface area contributed by atoms with Crippen LogP contribution in [0.25, 0.3) is 0 Å². The minimum atomic E-state index is 0.158. The minimum Gasteiger partial charge on any atom is -0.338 e. The molecule has 1 aliphatic rings. The van der Waals surface area contributed by atoms with Crippen molar-refractivity contribution >= 4 is 33.2 Å². The minimum absolute atomic E-state index is 0.158. The molecule has 5 heteroatoms. The average Bonchev–Trinajstić information content (AvgIpc) is 2.75. The van der Waals surface area contributed by atoms with Gasteiger partial charge in [-0.2, -0.15) is 0 Å². The maximum atomic E-state index is 12.1. The predicted molar refractivity (Wildman–Crippen MR) is 69.7 cm³/mol. The summed E-state index contributed by atoms with van der Waals surface area (Å²) in [6, 6.07) is 3.80. The van der Waals surface area contributed by atoms with Crippen LogP contribution in [0.5, 0.6) is 0 Å². The van der Waals surface area contributed by atoms with Gasteiger partial charge in [0.15, 0.2) is 0 Å². The molecule has 16 heavy (non-hydrogen) atoms. The first-order chi connectivity index (χ1) is 7.70. The van der Waals surface area contributed by atoms with Crippen LogP contribution >= 0.6 is 27.3 Å². The van der Waals surface area contributed by atoms with Gasteiger partial charge in [-0.15, -0.1) is 11.3 Å². The molecular weight excluding hydrogens is 288 g/mol. The number of nitrogens with two attached hydrogens (primary N) is 1. The van der Waals surface area contributed by atoms with Crippen molar-refractivity contribution in [3.05, 3.63) is 20.8 Å². The average molecular weight is 303 g/mol. The largest absolute Gasteiger partial charge is 0.338 e. The zero-order valence-corrected chi connectivity index (χ0v) is 11.4. The lowest BCUT2D eigenvalue weighted by Crippen LogP contribution is -2.39. The van der Waals surface area contributed by atoms with Gasteiger partial charge in [-0.1, -0.05) is 0 Å². The monoisotopic (exact) mass is 302 g/mol. The Bertz CT molecular complexity index is 372. The third-order valence-electron chi connectivity index (χ3n) is 3.02. The van der Waals surface area contributed by atoms with Crippen molar-refractivity contribution < 1.29 is 4.79 Å². The summed E-state index contributed by atoms with van der Waals surface area (Å²) in [6.45, 7) is 2.43. The van der Waals surface area contributed by atoms with Crippen LogP contribution in [-0.2, 0) is 0 Å². The molecule has 1 aromatic heterocycles. The Morgan fingerprint density at radius 1 is 1.50 bits per heavy atom. The summed E-state index contributed by atoms with van der Waals surface area (Å²) in [5.41, 5.74) is 5.63. The van der Waals surface area contributed by atoms with Gasteiger partial charge in [-0.25, -0.2) is 0 Å². The molecule has 0 radical (unpaired) electrons. The van der Waals surface area contributed by atoms with E-state index < -0.39 is 0 Å². The third-order valence-corrected chi connectivity index (χ3v) is 4.63. The predicted octanol–water partition coefficient (Wildman–Crippen LogP) is 2.32. The van der Waals surface area contributed by atoms with Crippen LogP contribution in [0.2, 0.25) is 0 Å². The molecule has 2 rings (SSSR count). The number of halogens is 1. The highest BCUT2D eigenvalue weighted by atomic mass is 79.9. The molecule has 1 amide bonds. The van der Waals surface area contributed by atoms with E-state index in [1.165, 1.54) is 11.3 Å². The number of hydrogen-bond acceptors (Lipinski definition) is 3. The summed E-state index contributed by atoms with van der Waals surface area (Å²) in [6.07, 6.45) is 2.07. The van der Waals surface area contributed by atoms with E-state index in [9.17, 15) is 4.79 Å². The second-order valence-corrected chi connectivity index (χ2v) is 6.54. The molecule has 0 spiro atoms. The molecule has 1 saturated heterocycles. The van der Waals surface area contributed by atoms with Crippen LogP contribution in [0.1, 0.15) is 22.5 Å². The van der Waals surface area contributed by atoms with E-state index in [0.717, 1.165) is 41.1 Å². The molecule has 2 heterocycles. The normalized spacial score (nSPS) is 17.8. The van der Waals surface area contributed by atoms with E-state index in [1.54, 1.807) is 0 Å². The standard InChI is InChI=1S/C11H15BrN2OS/c12-10-2-1-9(16-10)11(15)14-5-3-8(7-13)4-6-14/h1-2,8H,3-7,13H2. The lowest BCUT2D eigenvalue weighted by molar-refractivity contribution is 0.0698. The number of rotatable bonds is 2. The highest BCUT2D eigenvalue weighted by molar-refractivity contribution is 9.11. The topological polar surface area (TPSA) is 46.3 Å². The zero-order chi connectivity index (χ0) is 11.5. The number of amides is 1. The van der Waals surface area contributed by atoms with E-state index in [-0.39, 0.29) is 5.91 Å².